The van der Waals surface area contributed by atoms with Crippen molar-refractivity contribution in [3.8, 4) is 0 Å². The van der Waals surface area contributed by atoms with Crippen molar-refractivity contribution in [3.05, 3.63) is 17.5 Å². The van der Waals surface area contributed by atoms with Crippen molar-refractivity contribution in [1.29, 1.82) is 0 Å². The predicted molar refractivity (Wildman–Crippen MR) is 78.1 cm³/mol. The largest absolute Gasteiger partial charge is 0.481 e. The molecule has 1 aromatic rings. The quantitative estimate of drug-likeness (QED) is 0.921. The van der Waals surface area contributed by atoms with Crippen LogP contribution in [-0.2, 0) is 11.8 Å². The molecule has 2 heterocycles. The molecule has 1 aliphatic heterocycles. The van der Waals surface area contributed by atoms with Gasteiger partial charge in [-0.15, -0.1) is 0 Å². The Morgan fingerprint density at radius 3 is 2.57 bits per heavy atom. The van der Waals surface area contributed by atoms with Gasteiger partial charge in [-0.3, -0.25) is 14.3 Å². The van der Waals surface area contributed by atoms with Crippen LogP contribution in [0, 0.1) is 11.8 Å². The minimum absolute atomic E-state index is 0.171. The van der Waals surface area contributed by atoms with Gasteiger partial charge in [-0.25, -0.2) is 0 Å². The number of aliphatic carboxylic acids is 1. The number of amides is 1. The molecule has 0 aromatic carbocycles. The first kappa shape index (κ1) is 15.5. The molecule has 2 atom stereocenters. The number of nitrogens with zero attached hydrogens (tertiary/aromatic N) is 3. The average Bonchev–Trinajstić information content (AvgIpc) is 2.79. The van der Waals surface area contributed by atoms with Crippen LogP contribution in [0.2, 0.25) is 0 Å². The van der Waals surface area contributed by atoms with Crippen LogP contribution in [0.3, 0.4) is 0 Å². The zero-order chi connectivity index (χ0) is 15.7. The summed E-state index contributed by atoms with van der Waals surface area (Å²) in [4.78, 5) is 25.4. The smallest absolute Gasteiger partial charge is 0.308 e. The molecular weight excluding hydrogens is 270 g/mol. The fraction of sp³-hybridized carbons (Fsp3) is 0.667. The summed E-state index contributed by atoms with van der Waals surface area (Å²) in [7, 11) is 1.82. The van der Waals surface area contributed by atoms with E-state index in [2.05, 4.69) is 18.9 Å². The molecule has 0 bridgehead atoms. The normalized spacial score (nSPS) is 22.6. The van der Waals surface area contributed by atoms with Gasteiger partial charge >= 0.3 is 5.97 Å². The topological polar surface area (TPSA) is 75.4 Å². The van der Waals surface area contributed by atoms with E-state index in [0.29, 0.717) is 18.7 Å². The van der Waals surface area contributed by atoms with E-state index >= 15 is 0 Å². The summed E-state index contributed by atoms with van der Waals surface area (Å²) in [5.41, 5.74) is 1.40. The molecule has 6 heteroatoms. The number of carboxylic acids is 1. The summed E-state index contributed by atoms with van der Waals surface area (Å²) < 4.78 is 1.72. The minimum atomic E-state index is -0.830. The number of carbonyl (C=O) groups is 2. The van der Waals surface area contributed by atoms with Crippen LogP contribution in [0.15, 0.2) is 6.07 Å². The number of hydrogen-bond donors (Lipinski definition) is 1. The fourth-order valence-electron chi connectivity index (χ4n) is 2.98. The van der Waals surface area contributed by atoms with E-state index in [-0.39, 0.29) is 24.3 Å². The summed E-state index contributed by atoms with van der Waals surface area (Å²) in [6.07, 6.45) is 0.624. The number of aryl methyl sites for hydroxylation is 1. The summed E-state index contributed by atoms with van der Waals surface area (Å²) in [5.74, 6) is -1.00. The first-order chi connectivity index (χ1) is 9.79. The fourth-order valence-corrected chi connectivity index (χ4v) is 2.98. The van der Waals surface area contributed by atoms with Crippen molar-refractivity contribution in [2.24, 2.45) is 18.9 Å². The second kappa shape index (κ2) is 5.87. The molecule has 1 N–H and O–H groups in total. The van der Waals surface area contributed by atoms with E-state index < -0.39 is 11.9 Å². The lowest BCUT2D eigenvalue weighted by Crippen LogP contribution is -2.45. The Kier molecular flexibility index (Phi) is 4.34. The lowest BCUT2D eigenvalue weighted by atomic mass is 9.90. The lowest BCUT2D eigenvalue weighted by molar-refractivity contribution is -0.143. The Bertz CT molecular complexity index is 550. The summed E-state index contributed by atoms with van der Waals surface area (Å²) in [6.45, 7) is 6.94. The van der Waals surface area contributed by atoms with Crippen LogP contribution in [0.1, 0.15) is 49.3 Å². The molecule has 0 radical (unpaired) electrons. The highest BCUT2D eigenvalue weighted by molar-refractivity contribution is 5.92. The second-order valence-corrected chi connectivity index (χ2v) is 6.32. The molecule has 1 amide bonds. The van der Waals surface area contributed by atoms with Crippen molar-refractivity contribution < 1.29 is 14.7 Å². The number of rotatable bonds is 3. The Labute approximate surface area is 124 Å². The maximum atomic E-state index is 12.6. The molecule has 0 aliphatic carbocycles. The van der Waals surface area contributed by atoms with E-state index in [4.69, 9.17) is 0 Å². The molecule has 1 fully saturated rings. The van der Waals surface area contributed by atoms with Crippen LogP contribution in [0.25, 0.3) is 0 Å². The van der Waals surface area contributed by atoms with Crippen molar-refractivity contribution in [1.82, 2.24) is 14.7 Å². The highest BCUT2D eigenvalue weighted by Gasteiger charge is 2.33. The zero-order valence-corrected chi connectivity index (χ0v) is 13.0. The van der Waals surface area contributed by atoms with Crippen LogP contribution in [0.5, 0.6) is 0 Å². The third-order valence-electron chi connectivity index (χ3n) is 4.02. The molecule has 2 unspecified atom stereocenters. The van der Waals surface area contributed by atoms with Crippen molar-refractivity contribution in [3.63, 3.8) is 0 Å². The van der Waals surface area contributed by atoms with Gasteiger partial charge in [-0.1, -0.05) is 20.8 Å². The zero-order valence-electron chi connectivity index (χ0n) is 13.0. The van der Waals surface area contributed by atoms with Crippen LogP contribution in [-0.4, -0.2) is 44.8 Å². The Hall–Kier alpha value is -1.85. The van der Waals surface area contributed by atoms with E-state index in [1.807, 2.05) is 20.0 Å². The van der Waals surface area contributed by atoms with Gasteiger partial charge in [0.05, 0.1) is 5.92 Å². The van der Waals surface area contributed by atoms with Crippen LogP contribution < -0.4 is 0 Å². The van der Waals surface area contributed by atoms with Crippen molar-refractivity contribution in [2.75, 3.05) is 13.1 Å². The first-order valence-corrected chi connectivity index (χ1v) is 7.35. The van der Waals surface area contributed by atoms with Crippen LogP contribution in [0.4, 0.5) is 0 Å². The predicted octanol–water partition coefficient (Wildman–Crippen LogP) is 1.73. The Morgan fingerprint density at radius 1 is 1.38 bits per heavy atom. The Morgan fingerprint density at radius 2 is 2.05 bits per heavy atom. The van der Waals surface area contributed by atoms with Gasteiger partial charge in [-0.2, -0.15) is 5.10 Å². The van der Waals surface area contributed by atoms with Crippen molar-refractivity contribution in [2.45, 2.75) is 33.1 Å². The number of likely N-dealkylation sites (tertiary alicyclic amines) is 1. The van der Waals surface area contributed by atoms with Gasteiger partial charge in [0, 0.05) is 25.8 Å². The van der Waals surface area contributed by atoms with Crippen molar-refractivity contribution >= 4 is 11.9 Å². The summed E-state index contributed by atoms with van der Waals surface area (Å²) in [6, 6.07) is 1.81. The van der Waals surface area contributed by atoms with Crippen LogP contribution >= 0.6 is 0 Å². The number of hydrogen-bond acceptors (Lipinski definition) is 3. The van der Waals surface area contributed by atoms with E-state index in [0.717, 1.165) is 5.69 Å². The maximum absolute atomic E-state index is 12.6. The number of carboxylic acid groups (broad SMARTS) is 1. The summed E-state index contributed by atoms with van der Waals surface area (Å²) in [5, 5.41) is 13.5. The molecule has 0 saturated carbocycles. The standard InChI is InChI=1S/C15H23N3O3/c1-9(2)13-6-12(16-17(13)4)14(19)18-7-10(3)5-11(8-18)15(20)21/h6,9-11H,5,7-8H2,1-4H3,(H,20,21). The van der Waals surface area contributed by atoms with E-state index in [9.17, 15) is 14.7 Å². The molecule has 21 heavy (non-hydrogen) atoms. The molecule has 1 saturated heterocycles. The molecule has 6 nitrogen and oxygen atoms in total. The van der Waals surface area contributed by atoms with Gasteiger partial charge in [0.25, 0.3) is 5.91 Å². The lowest BCUT2D eigenvalue weighted by Gasteiger charge is -2.34. The Balaban J connectivity index is 2.19. The molecule has 2 rings (SSSR count). The molecule has 1 aromatic heterocycles. The van der Waals surface area contributed by atoms with Gasteiger partial charge in [0.15, 0.2) is 5.69 Å². The molecule has 0 spiro atoms. The molecule has 1 aliphatic rings. The average molecular weight is 293 g/mol. The monoisotopic (exact) mass is 293 g/mol. The third-order valence-corrected chi connectivity index (χ3v) is 4.02. The first-order valence-electron chi connectivity index (χ1n) is 7.35. The molecular formula is C15H23N3O3. The number of carbonyl (C=O) groups excluding carboxylic acids is 1. The van der Waals surface area contributed by atoms with Gasteiger partial charge in [0.1, 0.15) is 0 Å². The van der Waals surface area contributed by atoms with Gasteiger partial charge in [0.2, 0.25) is 0 Å². The maximum Gasteiger partial charge on any atom is 0.308 e. The third kappa shape index (κ3) is 3.25. The minimum Gasteiger partial charge on any atom is -0.481 e. The molecule has 116 valence electrons. The second-order valence-electron chi connectivity index (χ2n) is 6.32. The number of piperidine rings is 1. The highest BCUT2D eigenvalue weighted by Crippen LogP contribution is 2.24. The number of aromatic nitrogens is 2. The van der Waals surface area contributed by atoms with E-state index in [1.54, 1.807) is 9.58 Å². The van der Waals surface area contributed by atoms with Gasteiger partial charge < -0.3 is 10.0 Å². The highest BCUT2D eigenvalue weighted by atomic mass is 16.4. The summed E-state index contributed by atoms with van der Waals surface area (Å²) >= 11 is 0. The SMILES string of the molecule is CC1CC(C(=O)O)CN(C(=O)c2cc(C(C)C)n(C)n2)C1. The van der Waals surface area contributed by atoms with E-state index in [1.165, 1.54) is 0 Å². The van der Waals surface area contributed by atoms with Gasteiger partial charge in [-0.05, 0) is 24.3 Å².